The van der Waals surface area contributed by atoms with Crippen LogP contribution in [0.3, 0.4) is 0 Å². The Balaban J connectivity index is 2.09. The highest BCUT2D eigenvalue weighted by molar-refractivity contribution is 5.96. The van der Waals surface area contributed by atoms with Gasteiger partial charge in [0.25, 0.3) is 0 Å². The second kappa shape index (κ2) is 6.67. The molecule has 0 atom stereocenters. The highest BCUT2D eigenvalue weighted by Gasteiger charge is 2.21. The summed E-state index contributed by atoms with van der Waals surface area (Å²) < 4.78 is 11.3. The molecule has 0 aliphatic rings. The van der Waals surface area contributed by atoms with Crippen molar-refractivity contribution in [2.75, 3.05) is 12.4 Å². The van der Waals surface area contributed by atoms with E-state index >= 15 is 0 Å². The Hall–Kier alpha value is -3.08. The van der Waals surface area contributed by atoms with E-state index in [9.17, 15) is 9.59 Å². The topological polar surface area (TPSA) is 68.5 Å². The van der Waals surface area contributed by atoms with Gasteiger partial charge in [0.2, 0.25) is 5.91 Å². The first kappa shape index (κ1) is 17.7. The zero-order valence-electron chi connectivity index (χ0n) is 15.3. The first-order valence-electron chi connectivity index (χ1n) is 8.32. The predicted molar refractivity (Wildman–Crippen MR) is 103 cm³/mol. The monoisotopic (exact) mass is 351 g/mol. The lowest BCUT2D eigenvalue weighted by Crippen LogP contribution is -2.27. The molecule has 26 heavy (non-hydrogen) atoms. The number of methoxy groups -OCH3 is 1. The van der Waals surface area contributed by atoms with E-state index < -0.39 is 5.41 Å². The van der Waals surface area contributed by atoms with Crippen LogP contribution in [0.15, 0.2) is 57.7 Å². The third kappa shape index (κ3) is 3.47. The molecule has 0 saturated carbocycles. The third-order valence-corrected chi connectivity index (χ3v) is 4.04. The van der Waals surface area contributed by atoms with Gasteiger partial charge in [-0.05, 0) is 24.3 Å². The molecule has 1 N–H and O–H groups in total. The van der Waals surface area contributed by atoms with Crippen LogP contribution in [-0.4, -0.2) is 13.0 Å². The van der Waals surface area contributed by atoms with E-state index in [4.69, 9.17) is 9.15 Å². The molecular weight excluding hydrogens is 330 g/mol. The molecule has 2 aromatic carbocycles. The fraction of sp³-hybridized carbons (Fsp3) is 0.238. The van der Waals surface area contributed by atoms with Gasteiger partial charge in [-0.3, -0.25) is 9.59 Å². The Morgan fingerprint density at radius 2 is 1.81 bits per heavy atom. The molecule has 0 aliphatic heterocycles. The number of ether oxygens (including phenoxy) is 1. The number of carbonyl (C=O) groups is 1. The van der Waals surface area contributed by atoms with Gasteiger partial charge in [-0.1, -0.05) is 32.9 Å². The lowest BCUT2D eigenvalue weighted by Gasteiger charge is -2.17. The number of hydrogen-bond donors (Lipinski definition) is 1. The quantitative estimate of drug-likeness (QED) is 0.757. The number of hydrogen-bond acceptors (Lipinski definition) is 4. The second-order valence-electron chi connectivity index (χ2n) is 7.09. The minimum atomic E-state index is -0.519. The van der Waals surface area contributed by atoms with Gasteiger partial charge in [-0.2, -0.15) is 0 Å². The number of rotatable bonds is 3. The molecule has 3 rings (SSSR count). The molecule has 0 radical (unpaired) electrons. The largest absolute Gasteiger partial charge is 0.496 e. The van der Waals surface area contributed by atoms with Gasteiger partial charge in [0.1, 0.15) is 17.1 Å². The van der Waals surface area contributed by atoms with Gasteiger partial charge in [0.05, 0.1) is 18.1 Å². The Kier molecular flexibility index (Phi) is 4.55. The number of fused-ring (bicyclic) bond motifs is 1. The summed E-state index contributed by atoms with van der Waals surface area (Å²) in [5.74, 6) is 0.923. The van der Waals surface area contributed by atoms with E-state index in [0.29, 0.717) is 33.7 Å². The summed E-state index contributed by atoms with van der Waals surface area (Å²) in [6, 6.07) is 13.8. The SMILES string of the molecule is COc1ccccc1-c1cc(=O)c2ccc(NC(=O)C(C)(C)C)cc2o1. The minimum absolute atomic E-state index is 0.111. The fourth-order valence-corrected chi connectivity index (χ4v) is 2.53. The number of amides is 1. The molecule has 3 aromatic rings. The Labute approximate surface area is 151 Å². The first-order chi connectivity index (χ1) is 12.3. The van der Waals surface area contributed by atoms with Crippen LogP contribution in [0, 0.1) is 5.41 Å². The summed E-state index contributed by atoms with van der Waals surface area (Å²) in [6.07, 6.45) is 0. The van der Waals surface area contributed by atoms with Crippen LogP contribution in [0.5, 0.6) is 5.75 Å². The van der Waals surface area contributed by atoms with Crippen LogP contribution < -0.4 is 15.5 Å². The van der Waals surface area contributed by atoms with E-state index in [1.807, 2.05) is 39.0 Å². The lowest BCUT2D eigenvalue weighted by molar-refractivity contribution is -0.123. The maximum Gasteiger partial charge on any atom is 0.229 e. The van der Waals surface area contributed by atoms with Gasteiger partial charge in [0, 0.05) is 23.2 Å². The second-order valence-corrected chi connectivity index (χ2v) is 7.09. The van der Waals surface area contributed by atoms with Crippen molar-refractivity contribution in [3.63, 3.8) is 0 Å². The van der Waals surface area contributed by atoms with E-state index in [1.165, 1.54) is 6.07 Å². The number of nitrogens with one attached hydrogen (secondary N) is 1. The van der Waals surface area contributed by atoms with Crippen molar-refractivity contribution >= 4 is 22.6 Å². The maximum absolute atomic E-state index is 12.5. The third-order valence-electron chi connectivity index (χ3n) is 4.04. The van der Waals surface area contributed by atoms with Crippen LogP contribution in [-0.2, 0) is 4.79 Å². The van der Waals surface area contributed by atoms with Crippen LogP contribution in [0.1, 0.15) is 20.8 Å². The summed E-state index contributed by atoms with van der Waals surface area (Å²) in [6.45, 7) is 5.51. The Bertz CT molecular complexity index is 1030. The van der Waals surface area contributed by atoms with Crippen LogP contribution in [0.4, 0.5) is 5.69 Å². The summed E-state index contributed by atoms with van der Waals surface area (Å²) in [5, 5.41) is 3.31. The number of anilines is 1. The predicted octanol–water partition coefficient (Wildman–Crippen LogP) is 4.45. The van der Waals surface area contributed by atoms with Crippen molar-refractivity contribution in [1.82, 2.24) is 0 Å². The maximum atomic E-state index is 12.5. The smallest absolute Gasteiger partial charge is 0.229 e. The molecule has 0 fully saturated rings. The number of para-hydroxylation sites is 1. The molecule has 1 amide bonds. The normalized spacial score (nSPS) is 11.4. The van der Waals surface area contributed by atoms with E-state index in [-0.39, 0.29) is 11.3 Å². The molecular formula is C21H21NO4. The summed E-state index contributed by atoms with van der Waals surface area (Å²) in [5.41, 5.74) is 1.01. The summed E-state index contributed by atoms with van der Waals surface area (Å²) >= 11 is 0. The lowest BCUT2D eigenvalue weighted by atomic mass is 9.95. The molecule has 0 saturated heterocycles. The fourth-order valence-electron chi connectivity index (χ4n) is 2.53. The highest BCUT2D eigenvalue weighted by atomic mass is 16.5. The molecule has 0 unspecified atom stereocenters. The molecule has 1 aromatic heterocycles. The zero-order chi connectivity index (χ0) is 18.9. The summed E-state index contributed by atoms with van der Waals surface area (Å²) in [4.78, 5) is 24.7. The molecule has 1 heterocycles. The van der Waals surface area contributed by atoms with Crippen molar-refractivity contribution in [2.24, 2.45) is 5.41 Å². The highest BCUT2D eigenvalue weighted by Crippen LogP contribution is 2.31. The molecule has 0 bridgehead atoms. The average molecular weight is 351 g/mol. The standard InChI is InChI=1S/C21H21NO4/c1-21(2,3)20(24)22-13-9-10-14-16(23)12-19(26-18(14)11-13)15-7-5-6-8-17(15)25-4/h5-12H,1-4H3,(H,22,24). The molecule has 0 spiro atoms. The minimum Gasteiger partial charge on any atom is -0.496 e. The van der Waals surface area contributed by atoms with Crippen LogP contribution >= 0.6 is 0 Å². The van der Waals surface area contributed by atoms with Gasteiger partial charge < -0.3 is 14.5 Å². The van der Waals surface area contributed by atoms with E-state index in [0.717, 1.165) is 0 Å². The Morgan fingerprint density at radius 1 is 1.08 bits per heavy atom. The van der Waals surface area contributed by atoms with Crippen molar-refractivity contribution in [2.45, 2.75) is 20.8 Å². The molecule has 0 aliphatic carbocycles. The van der Waals surface area contributed by atoms with Crippen molar-refractivity contribution in [3.05, 3.63) is 58.8 Å². The van der Waals surface area contributed by atoms with Crippen molar-refractivity contribution in [3.8, 4) is 17.1 Å². The zero-order valence-corrected chi connectivity index (χ0v) is 15.3. The van der Waals surface area contributed by atoms with Gasteiger partial charge >= 0.3 is 0 Å². The van der Waals surface area contributed by atoms with Crippen LogP contribution in [0.2, 0.25) is 0 Å². The molecule has 5 heteroatoms. The van der Waals surface area contributed by atoms with Gasteiger partial charge in [0.15, 0.2) is 5.43 Å². The van der Waals surface area contributed by atoms with Crippen molar-refractivity contribution < 1.29 is 13.9 Å². The average Bonchev–Trinajstić information content (AvgIpc) is 2.60. The first-order valence-corrected chi connectivity index (χ1v) is 8.32. The molecule has 5 nitrogen and oxygen atoms in total. The summed E-state index contributed by atoms with van der Waals surface area (Å²) in [7, 11) is 1.57. The van der Waals surface area contributed by atoms with Gasteiger partial charge in [-0.15, -0.1) is 0 Å². The van der Waals surface area contributed by atoms with Crippen molar-refractivity contribution in [1.29, 1.82) is 0 Å². The van der Waals surface area contributed by atoms with Gasteiger partial charge in [-0.25, -0.2) is 0 Å². The van der Waals surface area contributed by atoms with E-state index in [1.54, 1.807) is 31.4 Å². The Morgan fingerprint density at radius 3 is 2.50 bits per heavy atom. The number of carbonyl (C=O) groups excluding carboxylic acids is 1. The number of benzene rings is 2. The molecule has 134 valence electrons. The van der Waals surface area contributed by atoms with Crippen LogP contribution in [0.25, 0.3) is 22.3 Å². The van der Waals surface area contributed by atoms with E-state index in [2.05, 4.69) is 5.32 Å².